The minimum atomic E-state index is -0.229. The standard InChI is InChI=1S/C6H11N3O2/c1-4(10)5-6(11)8(2)9(3)7-5/h7,10H,1-3H3. The van der Waals surface area contributed by atoms with E-state index in [0.717, 1.165) is 0 Å². The Labute approximate surface area is 64.8 Å². The monoisotopic (exact) mass is 157 g/mol. The van der Waals surface area contributed by atoms with Gasteiger partial charge in [0.1, 0.15) is 5.76 Å². The molecule has 0 saturated carbocycles. The minimum Gasteiger partial charge on any atom is -0.510 e. The largest absolute Gasteiger partial charge is 0.510 e. The molecule has 1 heterocycles. The molecule has 0 atom stereocenters. The average Bonchev–Trinajstić information content (AvgIpc) is 2.17. The molecule has 62 valence electrons. The van der Waals surface area contributed by atoms with Gasteiger partial charge in [0.05, 0.1) is 0 Å². The number of hydrogen-bond acceptors (Lipinski definition) is 4. The Morgan fingerprint density at radius 2 is 2.09 bits per heavy atom. The summed E-state index contributed by atoms with van der Waals surface area (Å²) in [6, 6.07) is 0. The van der Waals surface area contributed by atoms with Gasteiger partial charge < -0.3 is 5.11 Å². The normalized spacial score (nSPS) is 23.9. The van der Waals surface area contributed by atoms with Gasteiger partial charge in [-0.15, -0.1) is 5.12 Å². The van der Waals surface area contributed by atoms with Crippen molar-refractivity contribution in [3.05, 3.63) is 11.5 Å². The van der Waals surface area contributed by atoms with E-state index in [4.69, 9.17) is 5.11 Å². The van der Waals surface area contributed by atoms with Crippen molar-refractivity contribution in [2.45, 2.75) is 6.92 Å². The van der Waals surface area contributed by atoms with Crippen LogP contribution in [0.15, 0.2) is 11.5 Å². The van der Waals surface area contributed by atoms with E-state index in [2.05, 4.69) is 5.43 Å². The smallest absolute Gasteiger partial charge is 0.290 e. The lowest BCUT2D eigenvalue weighted by Crippen LogP contribution is -2.36. The number of carbonyl (C=O) groups is 1. The highest BCUT2D eigenvalue weighted by Gasteiger charge is 2.28. The Kier molecular flexibility index (Phi) is 1.74. The van der Waals surface area contributed by atoms with Crippen LogP contribution in [0.5, 0.6) is 0 Å². The maximum absolute atomic E-state index is 11.2. The molecule has 1 fully saturated rings. The Hall–Kier alpha value is -1.23. The number of carbonyl (C=O) groups excluding carboxylic acids is 1. The van der Waals surface area contributed by atoms with Crippen LogP contribution in [0.1, 0.15) is 6.92 Å². The highest BCUT2D eigenvalue weighted by atomic mass is 16.3. The Bertz CT molecular complexity index is 220. The molecule has 1 aliphatic heterocycles. The van der Waals surface area contributed by atoms with E-state index in [9.17, 15) is 4.79 Å². The second-order valence-electron chi connectivity index (χ2n) is 2.42. The molecule has 0 aromatic carbocycles. The minimum absolute atomic E-state index is 0.00574. The number of aliphatic hydroxyl groups excluding tert-OH is 1. The third-order valence-electron chi connectivity index (χ3n) is 1.59. The summed E-state index contributed by atoms with van der Waals surface area (Å²) in [6.07, 6.45) is 0. The van der Waals surface area contributed by atoms with Gasteiger partial charge in [0.25, 0.3) is 5.91 Å². The van der Waals surface area contributed by atoms with Crippen molar-refractivity contribution >= 4 is 5.91 Å². The first-order valence-electron chi connectivity index (χ1n) is 3.22. The third kappa shape index (κ3) is 1.14. The fourth-order valence-electron chi connectivity index (χ4n) is 0.818. The molecule has 5 heteroatoms. The van der Waals surface area contributed by atoms with Crippen LogP contribution in [-0.4, -0.2) is 35.2 Å². The molecule has 0 radical (unpaired) electrons. The van der Waals surface area contributed by atoms with Gasteiger partial charge in [-0.3, -0.25) is 15.2 Å². The Morgan fingerprint density at radius 1 is 1.55 bits per heavy atom. The maximum atomic E-state index is 11.2. The summed E-state index contributed by atoms with van der Waals surface area (Å²) in [5.74, 6) is -0.223. The molecule has 0 aromatic rings. The summed E-state index contributed by atoms with van der Waals surface area (Å²) < 4.78 is 0. The van der Waals surface area contributed by atoms with E-state index in [1.165, 1.54) is 17.1 Å². The molecule has 11 heavy (non-hydrogen) atoms. The molecular formula is C6H11N3O2. The van der Waals surface area contributed by atoms with Crippen molar-refractivity contribution in [1.82, 2.24) is 15.6 Å². The summed E-state index contributed by atoms with van der Waals surface area (Å²) in [4.78, 5) is 11.2. The van der Waals surface area contributed by atoms with Gasteiger partial charge in [-0.25, -0.2) is 0 Å². The molecule has 5 nitrogen and oxygen atoms in total. The van der Waals surface area contributed by atoms with Gasteiger partial charge in [-0.2, -0.15) is 0 Å². The molecular weight excluding hydrogens is 146 g/mol. The van der Waals surface area contributed by atoms with Crippen LogP contribution >= 0.6 is 0 Å². The predicted molar refractivity (Wildman–Crippen MR) is 39.0 cm³/mol. The predicted octanol–water partition coefficient (Wildman–Crippen LogP) is -0.401. The van der Waals surface area contributed by atoms with Gasteiger partial charge in [0, 0.05) is 14.1 Å². The second-order valence-corrected chi connectivity index (χ2v) is 2.42. The van der Waals surface area contributed by atoms with Crippen molar-refractivity contribution in [2.24, 2.45) is 0 Å². The van der Waals surface area contributed by atoms with Crippen LogP contribution in [-0.2, 0) is 4.79 Å². The van der Waals surface area contributed by atoms with Crippen LogP contribution in [0.4, 0.5) is 0 Å². The highest BCUT2D eigenvalue weighted by molar-refractivity contribution is 5.94. The lowest BCUT2D eigenvalue weighted by molar-refractivity contribution is -0.133. The van der Waals surface area contributed by atoms with Crippen molar-refractivity contribution in [3.8, 4) is 0 Å². The Balaban J connectivity index is 2.93. The summed E-state index contributed by atoms with van der Waals surface area (Å²) >= 11 is 0. The molecule has 1 aliphatic rings. The van der Waals surface area contributed by atoms with E-state index < -0.39 is 0 Å². The third-order valence-corrected chi connectivity index (χ3v) is 1.59. The fourth-order valence-corrected chi connectivity index (χ4v) is 0.818. The average molecular weight is 157 g/mol. The fraction of sp³-hybridized carbons (Fsp3) is 0.500. The van der Waals surface area contributed by atoms with Crippen LogP contribution in [0.3, 0.4) is 0 Å². The molecule has 2 N–H and O–H groups in total. The van der Waals surface area contributed by atoms with Gasteiger partial charge in [-0.1, -0.05) is 0 Å². The van der Waals surface area contributed by atoms with E-state index in [1.807, 2.05) is 0 Å². The number of likely N-dealkylation sites (N-methyl/N-ethyl adjacent to an activating group) is 1. The van der Waals surface area contributed by atoms with Crippen molar-refractivity contribution in [1.29, 1.82) is 0 Å². The van der Waals surface area contributed by atoms with Crippen LogP contribution in [0.25, 0.3) is 0 Å². The van der Waals surface area contributed by atoms with Gasteiger partial charge in [0.15, 0.2) is 5.70 Å². The number of hydrazine groups is 2. The zero-order chi connectivity index (χ0) is 8.59. The zero-order valence-corrected chi connectivity index (χ0v) is 6.75. The molecule has 0 spiro atoms. The molecule has 1 rings (SSSR count). The van der Waals surface area contributed by atoms with Crippen LogP contribution < -0.4 is 5.43 Å². The van der Waals surface area contributed by atoms with E-state index in [-0.39, 0.29) is 17.4 Å². The van der Waals surface area contributed by atoms with E-state index in [0.29, 0.717) is 0 Å². The first kappa shape index (κ1) is 7.87. The molecule has 1 amide bonds. The van der Waals surface area contributed by atoms with Crippen LogP contribution in [0.2, 0.25) is 0 Å². The van der Waals surface area contributed by atoms with Gasteiger partial charge in [0.2, 0.25) is 0 Å². The number of amides is 1. The first-order chi connectivity index (χ1) is 5.04. The number of hydrogen-bond donors (Lipinski definition) is 2. The number of rotatable bonds is 0. The summed E-state index contributed by atoms with van der Waals surface area (Å²) in [5.41, 5.74) is 2.92. The lowest BCUT2D eigenvalue weighted by atomic mass is 10.4. The summed E-state index contributed by atoms with van der Waals surface area (Å²) in [5, 5.41) is 11.9. The summed E-state index contributed by atoms with van der Waals surface area (Å²) in [6.45, 7) is 1.47. The number of nitrogens with one attached hydrogen (secondary N) is 1. The van der Waals surface area contributed by atoms with Gasteiger partial charge in [-0.05, 0) is 6.92 Å². The number of allylic oxidation sites excluding steroid dienone is 1. The Morgan fingerprint density at radius 3 is 2.27 bits per heavy atom. The van der Waals surface area contributed by atoms with Crippen molar-refractivity contribution in [2.75, 3.05) is 14.1 Å². The van der Waals surface area contributed by atoms with E-state index >= 15 is 0 Å². The highest BCUT2D eigenvalue weighted by Crippen LogP contribution is 2.10. The van der Waals surface area contributed by atoms with Crippen molar-refractivity contribution < 1.29 is 9.90 Å². The number of aliphatic hydroxyl groups is 1. The molecule has 0 aromatic heterocycles. The quantitative estimate of drug-likeness (QED) is 0.371. The zero-order valence-electron chi connectivity index (χ0n) is 6.75. The second kappa shape index (κ2) is 2.43. The first-order valence-corrected chi connectivity index (χ1v) is 3.22. The maximum Gasteiger partial charge on any atom is 0.290 e. The molecule has 0 bridgehead atoms. The molecule has 1 saturated heterocycles. The number of nitrogens with zero attached hydrogens (tertiary/aromatic N) is 2. The summed E-state index contributed by atoms with van der Waals surface area (Å²) in [7, 11) is 3.30. The van der Waals surface area contributed by atoms with E-state index in [1.54, 1.807) is 14.1 Å². The molecule has 0 aliphatic carbocycles. The lowest BCUT2D eigenvalue weighted by Gasteiger charge is -2.15. The molecule has 0 unspecified atom stereocenters. The van der Waals surface area contributed by atoms with Crippen LogP contribution in [0, 0.1) is 0 Å². The SMILES string of the molecule is CC(O)=C1NN(C)N(C)C1=O. The topological polar surface area (TPSA) is 55.8 Å². The van der Waals surface area contributed by atoms with Crippen molar-refractivity contribution in [3.63, 3.8) is 0 Å². The van der Waals surface area contributed by atoms with Gasteiger partial charge >= 0.3 is 0 Å².